The Morgan fingerprint density at radius 3 is 2.83 bits per heavy atom. The molecule has 2 aromatic rings. The van der Waals surface area contributed by atoms with Crippen LogP contribution < -0.4 is 4.90 Å². The molecule has 0 N–H and O–H groups in total. The third-order valence-corrected chi connectivity index (χ3v) is 2.58. The van der Waals surface area contributed by atoms with Gasteiger partial charge in [0.15, 0.2) is 0 Å². The third kappa shape index (κ3) is 1.16. The highest BCUT2D eigenvalue weighted by atomic mass is 32.1. The van der Waals surface area contributed by atoms with Crippen molar-refractivity contribution in [3.05, 3.63) is 23.6 Å². The number of anilines is 1. The second-order valence-corrected chi connectivity index (χ2v) is 3.77. The van der Waals surface area contributed by atoms with Crippen LogP contribution in [-0.2, 0) is 0 Å². The number of rotatable bonds is 1. The fraction of sp³-hybridized carbons (Fsp3) is 0.222. The molecular formula is C9H10N2S. The zero-order valence-corrected chi connectivity index (χ0v) is 7.93. The van der Waals surface area contributed by atoms with Crippen molar-refractivity contribution in [2.75, 3.05) is 19.0 Å². The van der Waals surface area contributed by atoms with Gasteiger partial charge in [-0.1, -0.05) is 0 Å². The summed E-state index contributed by atoms with van der Waals surface area (Å²) in [5, 5.41) is 3.29. The Hall–Kier alpha value is -1.09. The molecule has 3 heteroatoms. The molecule has 2 rings (SSSR count). The van der Waals surface area contributed by atoms with Crippen LogP contribution in [-0.4, -0.2) is 19.1 Å². The first-order valence-electron chi connectivity index (χ1n) is 3.79. The maximum Gasteiger partial charge on any atom is 0.129 e. The van der Waals surface area contributed by atoms with Crippen molar-refractivity contribution in [2.24, 2.45) is 0 Å². The Balaban J connectivity index is 2.60. The van der Waals surface area contributed by atoms with E-state index in [4.69, 9.17) is 0 Å². The van der Waals surface area contributed by atoms with Crippen molar-refractivity contribution in [2.45, 2.75) is 0 Å². The molecule has 0 aliphatic carbocycles. The average Bonchev–Trinajstić information content (AvgIpc) is 2.49. The lowest BCUT2D eigenvalue weighted by molar-refractivity contribution is 1.09. The lowest BCUT2D eigenvalue weighted by atomic mass is 10.3. The van der Waals surface area contributed by atoms with Crippen molar-refractivity contribution in [3.63, 3.8) is 0 Å². The quantitative estimate of drug-likeness (QED) is 0.666. The molecule has 62 valence electrons. The summed E-state index contributed by atoms with van der Waals surface area (Å²) in [6, 6.07) is 6.23. The Labute approximate surface area is 75.5 Å². The molecule has 0 unspecified atom stereocenters. The van der Waals surface area contributed by atoms with E-state index in [1.807, 2.05) is 25.1 Å². The van der Waals surface area contributed by atoms with Gasteiger partial charge in [0.2, 0.25) is 0 Å². The molecule has 0 radical (unpaired) electrons. The molecular weight excluding hydrogens is 168 g/mol. The highest BCUT2D eigenvalue weighted by Crippen LogP contribution is 2.21. The SMILES string of the molecule is CN(C)c1ccc2ccsc2n1. The number of hydrogen-bond donors (Lipinski definition) is 0. The smallest absolute Gasteiger partial charge is 0.129 e. The van der Waals surface area contributed by atoms with E-state index in [0.29, 0.717) is 0 Å². The Morgan fingerprint density at radius 1 is 1.25 bits per heavy atom. The number of fused-ring (bicyclic) bond motifs is 1. The lowest BCUT2D eigenvalue weighted by Gasteiger charge is -2.09. The van der Waals surface area contributed by atoms with Gasteiger partial charge in [-0.3, -0.25) is 0 Å². The molecule has 12 heavy (non-hydrogen) atoms. The molecule has 0 fully saturated rings. The predicted molar refractivity (Wildman–Crippen MR) is 53.9 cm³/mol. The van der Waals surface area contributed by atoms with Crippen LogP contribution in [0.15, 0.2) is 23.6 Å². The van der Waals surface area contributed by atoms with Gasteiger partial charge in [-0.25, -0.2) is 4.98 Å². The average molecular weight is 178 g/mol. The van der Waals surface area contributed by atoms with Gasteiger partial charge in [0, 0.05) is 19.5 Å². The van der Waals surface area contributed by atoms with Gasteiger partial charge in [0.25, 0.3) is 0 Å². The van der Waals surface area contributed by atoms with E-state index >= 15 is 0 Å². The van der Waals surface area contributed by atoms with Gasteiger partial charge in [0.1, 0.15) is 10.6 Å². The molecule has 0 aliphatic heterocycles. The topological polar surface area (TPSA) is 16.1 Å². The minimum atomic E-state index is 1.02. The van der Waals surface area contributed by atoms with Crippen LogP contribution in [0, 0.1) is 0 Å². The molecule has 2 heterocycles. The first-order chi connectivity index (χ1) is 5.77. The van der Waals surface area contributed by atoms with Crippen molar-refractivity contribution in [1.82, 2.24) is 4.98 Å². The van der Waals surface area contributed by atoms with Gasteiger partial charge in [-0.15, -0.1) is 11.3 Å². The molecule has 0 aromatic carbocycles. The minimum Gasteiger partial charge on any atom is -0.363 e. The molecule has 0 bridgehead atoms. The fourth-order valence-electron chi connectivity index (χ4n) is 1.08. The van der Waals surface area contributed by atoms with Gasteiger partial charge in [-0.05, 0) is 23.6 Å². The summed E-state index contributed by atoms with van der Waals surface area (Å²) in [7, 11) is 4.00. The molecule has 0 saturated heterocycles. The van der Waals surface area contributed by atoms with Crippen LogP contribution in [0.1, 0.15) is 0 Å². The van der Waals surface area contributed by atoms with Crippen molar-refractivity contribution >= 4 is 27.4 Å². The summed E-state index contributed by atoms with van der Waals surface area (Å²) in [6.07, 6.45) is 0. The van der Waals surface area contributed by atoms with E-state index in [0.717, 1.165) is 10.6 Å². The predicted octanol–water partition coefficient (Wildman–Crippen LogP) is 2.36. The van der Waals surface area contributed by atoms with Crippen molar-refractivity contribution in [1.29, 1.82) is 0 Å². The summed E-state index contributed by atoms with van der Waals surface area (Å²) in [5.41, 5.74) is 0. The van der Waals surface area contributed by atoms with E-state index in [2.05, 4.69) is 22.5 Å². The maximum absolute atomic E-state index is 4.48. The van der Waals surface area contributed by atoms with E-state index in [9.17, 15) is 0 Å². The summed E-state index contributed by atoms with van der Waals surface area (Å²) < 4.78 is 0. The molecule has 0 spiro atoms. The van der Waals surface area contributed by atoms with Gasteiger partial charge in [0.05, 0.1) is 0 Å². The third-order valence-electron chi connectivity index (χ3n) is 1.76. The number of aromatic nitrogens is 1. The standard InChI is InChI=1S/C9H10N2S/c1-11(2)8-4-3-7-5-6-12-9(7)10-8/h3-6H,1-2H3. The highest BCUT2D eigenvalue weighted by Gasteiger charge is 1.99. The van der Waals surface area contributed by atoms with Gasteiger partial charge in [-0.2, -0.15) is 0 Å². The van der Waals surface area contributed by atoms with Crippen LogP contribution in [0.25, 0.3) is 10.2 Å². The van der Waals surface area contributed by atoms with Crippen LogP contribution in [0.4, 0.5) is 5.82 Å². The van der Waals surface area contributed by atoms with Crippen molar-refractivity contribution in [3.8, 4) is 0 Å². The number of hydrogen-bond acceptors (Lipinski definition) is 3. The first-order valence-corrected chi connectivity index (χ1v) is 4.67. The Morgan fingerprint density at radius 2 is 2.08 bits per heavy atom. The van der Waals surface area contributed by atoms with E-state index in [-0.39, 0.29) is 0 Å². The number of pyridine rings is 1. The van der Waals surface area contributed by atoms with Crippen LogP contribution in [0.2, 0.25) is 0 Å². The monoisotopic (exact) mass is 178 g/mol. The number of thiophene rings is 1. The van der Waals surface area contributed by atoms with Gasteiger partial charge < -0.3 is 4.90 Å². The molecule has 0 saturated carbocycles. The first kappa shape index (κ1) is 7.55. The van der Waals surface area contributed by atoms with Crippen LogP contribution in [0.5, 0.6) is 0 Å². The minimum absolute atomic E-state index is 1.02. The molecule has 0 aliphatic rings. The summed E-state index contributed by atoms with van der Waals surface area (Å²) >= 11 is 1.68. The summed E-state index contributed by atoms with van der Waals surface area (Å²) in [4.78, 5) is 7.60. The molecule has 0 amide bonds. The number of nitrogens with zero attached hydrogens (tertiary/aromatic N) is 2. The fourth-order valence-corrected chi connectivity index (χ4v) is 1.85. The van der Waals surface area contributed by atoms with Crippen LogP contribution in [0.3, 0.4) is 0 Å². The highest BCUT2D eigenvalue weighted by molar-refractivity contribution is 7.16. The summed E-state index contributed by atoms with van der Waals surface area (Å²) in [5.74, 6) is 1.02. The van der Waals surface area contributed by atoms with Crippen LogP contribution >= 0.6 is 11.3 Å². The van der Waals surface area contributed by atoms with Gasteiger partial charge >= 0.3 is 0 Å². The second-order valence-electron chi connectivity index (χ2n) is 2.88. The molecule has 0 atom stereocenters. The largest absolute Gasteiger partial charge is 0.363 e. The van der Waals surface area contributed by atoms with E-state index in [1.165, 1.54) is 5.39 Å². The zero-order valence-electron chi connectivity index (χ0n) is 7.11. The molecule has 2 aromatic heterocycles. The van der Waals surface area contributed by atoms with E-state index in [1.54, 1.807) is 11.3 Å². The Kier molecular flexibility index (Phi) is 1.73. The lowest BCUT2D eigenvalue weighted by Crippen LogP contribution is -2.09. The summed E-state index contributed by atoms with van der Waals surface area (Å²) in [6.45, 7) is 0. The van der Waals surface area contributed by atoms with E-state index < -0.39 is 0 Å². The second kappa shape index (κ2) is 2.75. The van der Waals surface area contributed by atoms with Crippen molar-refractivity contribution < 1.29 is 0 Å². The Bertz CT molecular complexity index is 392. The normalized spacial score (nSPS) is 10.5. The zero-order chi connectivity index (χ0) is 8.55. The maximum atomic E-state index is 4.48. The molecule has 2 nitrogen and oxygen atoms in total.